The number of hydrazine groups is 1. The van der Waals surface area contributed by atoms with Crippen LogP contribution >= 0.6 is 15.9 Å². The van der Waals surface area contributed by atoms with Crippen molar-refractivity contribution in [2.75, 3.05) is 13.2 Å². The maximum absolute atomic E-state index is 13.9. The molecular formula is C12H16BrFN2O. The molecular weight excluding hydrogens is 287 g/mol. The Morgan fingerprint density at radius 2 is 2.35 bits per heavy atom. The number of hydrogen-bond acceptors (Lipinski definition) is 3. The van der Waals surface area contributed by atoms with Gasteiger partial charge in [0.15, 0.2) is 0 Å². The van der Waals surface area contributed by atoms with Crippen molar-refractivity contribution in [3.8, 4) is 0 Å². The van der Waals surface area contributed by atoms with Gasteiger partial charge < -0.3 is 4.74 Å². The van der Waals surface area contributed by atoms with Crippen LogP contribution in [0, 0.1) is 11.7 Å². The molecule has 0 bridgehead atoms. The molecule has 2 unspecified atom stereocenters. The lowest BCUT2D eigenvalue weighted by atomic mass is 9.89. The highest BCUT2D eigenvalue weighted by Crippen LogP contribution is 2.30. The highest BCUT2D eigenvalue weighted by atomic mass is 79.9. The van der Waals surface area contributed by atoms with E-state index >= 15 is 0 Å². The van der Waals surface area contributed by atoms with Gasteiger partial charge in [-0.05, 0) is 25.0 Å². The van der Waals surface area contributed by atoms with Gasteiger partial charge in [-0.2, -0.15) is 0 Å². The monoisotopic (exact) mass is 302 g/mol. The summed E-state index contributed by atoms with van der Waals surface area (Å²) in [7, 11) is 0. The Labute approximate surface area is 109 Å². The van der Waals surface area contributed by atoms with Crippen LogP contribution in [0.25, 0.3) is 0 Å². The topological polar surface area (TPSA) is 47.3 Å². The maximum atomic E-state index is 13.9. The van der Waals surface area contributed by atoms with E-state index in [9.17, 15) is 4.39 Å². The highest BCUT2D eigenvalue weighted by molar-refractivity contribution is 9.10. The lowest BCUT2D eigenvalue weighted by molar-refractivity contribution is 0.0385. The minimum atomic E-state index is -0.243. The van der Waals surface area contributed by atoms with Crippen LogP contribution in [0.2, 0.25) is 0 Å². The molecule has 2 atom stereocenters. The largest absolute Gasteiger partial charge is 0.381 e. The predicted octanol–water partition coefficient (Wildman–Crippen LogP) is 2.52. The van der Waals surface area contributed by atoms with Gasteiger partial charge in [-0.3, -0.25) is 11.3 Å². The summed E-state index contributed by atoms with van der Waals surface area (Å²) in [5.41, 5.74) is 3.32. The van der Waals surface area contributed by atoms with Crippen LogP contribution in [-0.2, 0) is 4.74 Å². The van der Waals surface area contributed by atoms with Gasteiger partial charge in [-0.1, -0.05) is 22.0 Å². The van der Waals surface area contributed by atoms with Gasteiger partial charge in [-0.25, -0.2) is 4.39 Å². The first-order valence-corrected chi connectivity index (χ1v) is 6.50. The van der Waals surface area contributed by atoms with E-state index in [0.29, 0.717) is 12.2 Å². The molecule has 3 nitrogen and oxygen atoms in total. The number of hydrogen-bond donors (Lipinski definition) is 2. The second kappa shape index (κ2) is 5.91. The lowest BCUT2D eigenvalue weighted by Crippen LogP contribution is -2.37. The summed E-state index contributed by atoms with van der Waals surface area (Å²) in [5.74, 6) is 5.54. The zero-order chi connectivity index (χ0) is 12.3. The molecule has 0 radical (unpaired) electrons. The summed E-state index contributed by atoms with van der Waals surface area (Å²) in [6.45, 7) is 1.42. The van der Waals surface area contributed by atoms with E-state index in [2.05, 4.69) is 21.4 Å². The maximum Gasteiger partial charge on any atom is 0.129 e. The SMILES string of the molecule is NNC(c1ccc(Br)cc1F)C1CCCOC1. The molecule has 17 heavy (non-hydrogen) atoms. The van der Waals surface area contributed by atoms with E-state index in [0.717, 1.165) is 23.9 Å². The molecule has 0 aliphatic carbocycles. The van der Waals surface area contributed by atoms with Crippen LogP contribution in [0.15, 0.2) is 22.7 Å². The fourth-order valence-electron chi connectivity index (χ4n) is 2.26. The van der Waals surface area contributed by atoms with Gasteiger partial charge in [-0.15, -0.1) is 0 Å². The summed E-state index contributed by atoms with van der Waals surface area (Å²) >= 11 is 3.25. The molecule has 5 heteroatoms. The van der Waals surface area contributed by atoms with E-state index < -0.39 is 0 Å². The average Bonchev–Trinajstić information content (AvgIpc) is 2.34. The van der Waals surface area contributed by atoms with Gasteiger partial charge in [0, 0.05) is 22.6 Å². The zero-order valence-electron chi connectivity index (χ0n) is 9.46. The Morgan fingerprint density at radius 3 is 2.94 bits per heavy atom. The molecule has 1 aliphatic heterocycles. The van der Waals surface area contributed by atoms with E-state index in [-0.39, 0.29) is 17.8 Å². The van der Waals surface area contributed by atoms with Crippen molar-refractivity contribution >= 4 is 15.9 Å². The molecule has 1 heterocycles. The molecule has 1 aromatic rings. The number of nitrogens with one attached hydrogen (secondary N) is 1. The fourth-order valence-corrected chi connectivity index (χ4v) is 2.60. The Kier molecular flexibility index (Phi) is 4.50. The second-order valence-corrected chi connectivity index (χ2v) is 5.20. The number of benzene rings is 1. The normalized spacial score (nSPS) is 22.4. The number of halogens is 2. The highest BCUT2D eigenvalue weighted by Gasteiger charge is 2.26. The number of nitrogens with two attached hydrogens (primary N) is 1. The molecule has 0 amide bonds. The lowest BCUT2D eigenvalue weighted by Gasteiger charge is -2.30. The summed E-state index contributed by atoms with van der Waals surface area (Å²) in [4.78, 5) is 0. The van der Waals surface area contributed by atoms with Crippen molar-refractivity contribution in [2.24, 2.45) is 11.8 Å². The summed E-state index contributed by atoms with van der Waals surface area (Å²) in [6.07, 6.45) is 2.01. The molecule has 1 saturated heterocycles. The van der Waals surface area contributed by atoms with Gasteiger partial charge in [0.25, 0.3) is 0 Å². The molecule has 1 aliphatic rings. The Balaban J connectivity index is 2.21. The van der Waals surface area contributed by atoms with Crippen LogP contribution in [0.3, 0.4) is 0 Å². The molecule has 0 spiro atoms. The van der Waals surface area contributed by atoms with Crippen molar-refractivity contribution < 1.29 is 9.13 Å². The molecule has 1 aromatic carbocycles. The molecule has 94 valence electrons. The minimum absolute atomic E-state index is 0.191. The van der Waals surface area contributed by atoms with Crippen molar-refractivity contribution in [3.63, 3.8) is 0 Å². The van der Waals surface area contributed by atoms with Gasteiger partial charge in [0.05, 0.1) is 12.6 Å². The van der Waals surface area contributed by atoms with E-state index in [1.54, 1.807) is 6.07 Å². The second-order valence-electron chi connectivity index (χ2n) is 4.29. The third kappa shape index (κ3) is 3.04. The van der Waals surface area contributed by atoms with Crippen LogP contribution in [-0.4, -0.2) is 13.2 Å². The van der Waals surface area contributed by atoms with Crippen LogP contribution in [0.4, 0.5) is 4.39 Å². The van der Waals surface area contributed by atoms with Crippen molar-refractivity contribution in [1.82, 2.24) is 5.43 Å². The Morgan fingerprint density at radius 1 is 1.53 bits per heavy atom. The van der Waals surface area contributed by atoms with Crippen LogP contribution in [0.5, 0.6) is 0 Å². The molecule has 2 rings (SSSR count). The van der Waals surface area contributed by atoms with E-state index in [1.165, 1.54) is 6.07 Å². The first kappa shape index (κ1) is 13.0. The first-order chi connectivity index (χ1) is 8.22. The Hall–Kier alpha value is -0.490. The van der Waals surface area contributed by atoms with Gasteiger partial charge >= 0.3 is 0 Å². The fraction of sp³-hybridized carbons (Fsp3) is 0.500. The van der Waals surface area contributed by atoms with Crippen LogP contribution in [0.1, 0.15) is 24.4 Å². The summed E-state index contributed by atoms with van der Waals surface area (Å²) < 4.78 is 20.0. The average molecular weight is 303 g/mol. The minimum Gasteiger partial charge on any atom is -0.381 e. The summed E-state index contributed by atoms with van der Waals surface area (Å²) in [6, 6.07) is 4.86. The smallest absolute Gasteiger partial charge is 0.129 e. The standard InChI is InChI=1S/C12H16BrFN2O/c13-9-3-4-10(11(14)6-9)12(16-15)8-2-1-5-17-7-8/h3-4,6,8,12,16H,1-2,5,7,15H2. The molecule has 1 fully saturated rings. The van der Waals surface area contributed by atoms with E-state index in [1.807, 2.05) is 6.07 Å². The predicted molar refractivity (Wildman–Crippen MR) is 67.7 cm³/mol. The Bertz CT molecular complexity index is 383. The third-order valence-corrected chi connectivity index (χ3v) is 3.64. The van der Waals surface area contributed by atoms with Crippen LogP contribution < -0.4 is 11.3 Å². The molecule has 0 aromatic heterocycles. The zero-order valence-corrected chi connectivity index (χ0v) is 11.0. The number of rotatable bonds is 3. The van der Waals surface area contributed by atoms with Gasteiger partial charge in [0.1, 0.15) is 5.82 Å². The third-order valence-electron chi connectivity index (χ3n) is 3.14. The van der Waals surface area contributed by atoms with Crippen molar-refractivity contribution in [1.29, 1.82) is 0 Å². The quantitative estimate of drug-likeness (QED) is 0.666. The first-order valence-electron chi connectivity index (χ1n) is 5.71. The molecule has 3 N–H and O–H groups in total. The van der Waals surface area contributed by atoms with E-state index in [4.69, 9.17) is 10.6 Å². The van der Waals surface area contributed by atoms with Crippen molar-refractivity contribution in [3.05, 3.63) is 34.1 Å². The van der Waals surface area contributed by atoms with Crippen molar-refractivity contribution in [2.45, 2.75) is 18.9 Å². The van der Waals surface area contributed by atoms with Gasteiger partial charge in [0.2, 0.25) is 0 Å². The number of ether oxygens (including phenoxy) is 1. The summed E-state index contributed by atoms with van der Waals surface area (Å²) in [5, 5.41) is 0. The molecule has 0 saturated carbocycles.